The molecule has 1 aromatic heterocycles. The lowest BCUT2D eigenvalue weighted by molar-refractivity contribution is 0.0685. The Morgan fingerprint density at radius 3 is 2.48 bits per heavy atom. The molecule has 0 saturated heterocycles. The Hall–Kier alpha value is -1.38. The predicted molar refractivity (Wildman–Crippen MR) is 75.6 cm³/mol. The van der Waals surface area contributed by atoms with Gasteiger partial charge in [0.1, 0.15) is 10.6 Å². The van der Waals surface area contributed by atoms with Gasteiger partial charge in [0.05, 0.1) is 6.10 Å². The Kier molecular flexibility index (Phi) is 4.70. The van der Waals surface area contributed by atoms with Crippen LogP contribution >= 0.6 is 0 Å². The van der Waals surface area contributed by atoms with Crippen molar-refractivity contribution in [1.82, 2.24) is 9.29 Å². The van der Waals surface area contributed by atoms with E-state index in [2.05, 4.69) is 4.72 Å². The van der Waals surface area contributed by atoms with Gasteiger partial charge in [-0.15, -0.1) is 0 Å². The van der Waals surface area contributed by atoms with E-state index in [0.29, 0.717) is 32.2 Å². The quantitative estimate of drug-likeness (QED) is 0.744. The second-order valence-corrected chi connectivity index (χ2v) is 6.99. The normalized spacial score (nSPS) is 23.1. The minimum atomic E-state index is -3.74. The molecule has 1 fully saturated rings. The molecule has 8 heteroatoms. The summed E-state index contributed by atoms with van der Waals surface area (Å²) in [6, 6.07) is 0.961. The van der Waals surface area contributed by atoms with E-state index in [1.54, 1.807) is 6.92 Å². The first-order valence-electron chi connectivity index (χ1n) is 6.97. The van der Waals surface area contributed by atoms with Crippen molar-refractivity contribution < 1.29 is 23.4 Å². The summed E-state index contributed by atoms with van der Waals surface area (Å²) in [5.74, 6) is -1.15. The number of nitrogens with zero attached hydrogens (tertiary/aromatic N) is 1. The highest BCUT2D eigenvalue weighted by atomic mass is 32.2. The standard InChI is InChI=1S/C13H20N2O5S/c1-2-15-8-11(7-12(15)13(17)18)21(19,20)14-9-3-5-10(16)6-4-9/h7-10,14,16H,2-6H2,1H3,(H,17,18). The van der Waals surface area contributed by atoms with Gasteiger partial charge in [-0.1, -0.05) is 0 Å². The second kappa shape index (κ2) is 6.17. The van der Waals surface area contributed by atoms with Gasteiger partial charge in [0.2, 0.25) is 10.0 Å². The SMILES string of the molecule is CCn1cc(S(=O)(=O)NC2CCC(O)CC2)cc1C(=O)O. The molecule has 1 aromatic rings. The van der Waals surface area contributed by atoms with Gasteiger partial charge in [-0.3, -0.25) is 0 Å². The number of aromatic nitrogens is 1. The van der Waals surface area contributed by atoms with Gasteiger partial charge >= 0.3 is 5.97 Å². The van der Waals surface area contributed by atoms with Crippen molar-refractivity contribution in [2.45, 2.75) is 56.2 Å². The molecule has 0 spiro atoms. The molecular formula is C13H20N2O5S. The largest absolute Gasteiger partial charge is 0.477 e. The van der Waals surface area contributed by atoms with E-state index >= 15 is 0 Å². The van der Waals surface area contributed by atoms with E-state index in [9.17, 15) is 18.3 Å². The lowest BCUT2D eigenvalue weighted by atomic mass is 9.94. The number of hydrogen-bond acceptors (Lipinski definition) is 4. The molecule has 0 unspecified atom stereocenters. The number of carboxylic acids is 1. The molecule has 0 radical (unpaired) electrons. The summed E-state index contributed by atoms with van der Waals surface area (Å²) in [6.07, 6.45) is 3.29. The number of aryl methyl sites for hydroxylation is 1. The third-order valence-electron chi connectivity index (χ3n) is 3.76. The lowest BCUT2D eigenvalue weighted by Crippen LogP contribution is -2.38. The number of carbonyl (C=O) groups is 1. The highest BCUT2D eigenvalue weighted by Gasteiger charge is 2.26. The van der Waals surface area contributed by atoms with Crippen molar-refractivity contribution in [2.24, 2.45) is 0 Å². The van der Waals surface area contributed by atoms with E-state index in [-0.39, 0.29) is 22.7 Å². The number of carboxylic acid groups (broad SMARTS) is 1. The summed E-state index contributed by atoms with van der Waals surface area (Å²) in [5.41, 5.74) is -0.0445. The van der Waals surface area contributed by atoms with Gasteiger partial charge in [0.25, 0.3) is 0 Å². The number of aromatic carboxylic acids is 1. The molecule has 0 aromatic carbocycles. The summed E-state index contributed by atoms with van der Waals surface area (Å²) in [5, 5.41) is 18.5. The van der Waals surface area contributed by atoms with Crippen LogP contribution in [0, 0.1) is 0 Å². The van der Waals surface area contributed by atoms with Crippen LogP contribution in [0.5, 0.6) is 0 Å². The van der Waals surface area contributed by atoms with Crippen LogP contribution in [0.4, 0.5) is 0 Å². The Morgan fingerprint density at radius 2 is 2.00 bits per heavy atom. The first-order chi connectivity index (χ1) is 9.83. The third-order valence-corrected chi connectivity index (χ3v) is 5.25. The van der Waals surface area contributed by atoms with Gasteiger partial charge < -0.3 is 14.8 Å². The van der Waals surface area contributed by atoms with Crippen molar-refractivity contribution in [3.05, 3.63) is 18.0 Å². The van der Waals surface area contributed by atoms with Crippen LogP contribution in [-0.2, 0) is 16.6 Å². The average molecular weight is 316 g/mol. The molecule has 1 heterocycles. The van der Waals surface area contributed by atoms with E-state index in [4.69, 9.17) is 5.11 Å². The highest BCUT2D eigenvalue weighted by Crippen LogP contribution is 2.21. The fraction of sp³-hybridized carbons (Fsp3) is 0.615. The van der Waals surface area contributed by atoms with Crippen LogP contribution in [0.1, 0.15) is 43.1 Å². The first kappa shape index (κ1) is 16.0. The summed E-state index contributed by atoms with van der Waals surface area (Å²) in [6.45, 7) is 2.13. The number of aliphatic hydroxyl groups excluding tert-OH is 1. The van der Waals surface area contributed by atoms with Crippen LogP contribution in [0.25, 0.3) is 0 Å². The molecule has 2 rings (SSSR count). The lowest BCUT2D eigenvalue weighted by Gasteiger charge is -2.25. The molecule has 21 heavy (non-hydrogen) atoms. The van der Waals surface area contributed by atoms with Crippen LogP contribution in [-0.4, -0.2) is 41.3 Å². The molecule has 0 aliphatic heterocycles. The number of sulfonamides is 1. The van der Waals surface area contributed by atoms with Crippen LogP contribution < -0.4 is 4.72 Å². The zero-order valence-electron chi connectivity index (χ0n) is 11.8. The van der Waals surface area contributed by atoms with Crippen molar-refractivity contribution in [3.63, 3.8) is 0 Å². The van der Waals surface area contributed by atoms with Crippen molar-refractivity contribution in [1.29, 1.82) is 0 Å². The number of nitrogens with one attached hydrogen (secondary N) is 1. The minimum absolute atomic E-state index is 0.0344. The predicted octanol–water partition coefficient (Wildman–Crippen LogP) is 0.788. The van der Waals surface area contributed by atoms with Gasteiger partial charge in [0.15, 0.2) is 0 Å². The zero-order valence-corrected chi connectivity index (χ0v) is 12.6. The number of aliphatic hydroxyl groups is 1. The number of rotatable bonds is 5. The van der Waals surface area contributed by atoms with Crippen molar-refractivity contribution >= 4 is 16.0 Å². The molecule has 0 atom stereocenters. The summed E-state index contributed by atoms with van der Waals surface area (Å²) in [7, 11) is -3.74. The van der Waals surface area contributed by atoms with E-state index < -0.39 is 16.0 Å². The van der Waals surface area contributed by atoms with Crippen LogP contribution in [0.3, 0.4) is 0 Å². The summed E-state index contributed by atoms with van der Waals surface area (Å²) in [4.78, 5) is 11.0. The average Bonchev–Trinajstić information content (AvgIpc) is 2.86. The van der Waals surface area contributed by atoms with Crippen LogP contribution in [0.15, 0.2) is 17.2 Å². The fourth-order valence-corrected chi connectivity index (χ4v) is 3.90. The molecule has 1 saturated carbocycles. The molecule has 118 valence electrons. The maximum absolute atomic E-state index is 12.3. The topological polar surface area (TPSA) is 109 Å². The maximum Gasteiger partial charge on any atom is 0.352 e. The molecule has 3 N–H and O–H groups in total. The number of hydrogen-bond donors (Lipinski definition) is 3. The molecular weight excluding hydrogens is 296 g/mol. The second-order valence-electron chi connectivity index (χ2n) is 5.28. The Morgan fingerprint density at radius 1 is 1.38 bits per heavy atom. The molecule has 0 amide bonds. The summed E-state index contributed by atoms with van der Waals surface area (Å²) >= 11 is 0. The Bertz CT molecular complexity index is 615. The smallest absolute Gasteiger partial charge is 0.352 e. The van der Waals surface area contributed by atoms with E-state index in [1.807, 2.05) is 0 Å². The van der Waals surface area contributed by atoms with Crippen molar-refractivity contribution in [2.75, 3.05) is 0 Å². The molecule has 0 bridgehead atoms. The molecule has 1 aliphatic rings. The zero-order chi connectivity index (χ0) is 15.6. The molecule has 1 aliphatic carbocycles. The van der Waals surface area contributed by atoms with Crippen LogP contribution in [0.2, 0.25) is 0 Å². The fourth-order valence-electron chi connectivity index (χ4n) is 2.55. The van der Waals surface area contributed by atoms with Gasteiger partial charge in [0, 0.05) is 18.8 Å². The third kappa shape index (κ3) is 3.63. The summed E-state index contributed by atoms with van der Waals surface area (Å²) < 4.78 is 28.6. The Labute approximate surface area is 123 Å². The molecule has 7 nitrogen and oxygen atoms in total. The highest BCUT2D eigenvalue weighted by molar-refractivity contribution is 7.89. The van der Waals surface area contributed by atoms with E-state index in [1.165, 1.54) is 16.8 Å². The first-order valence-corrected chi connectivity index (χ1v) is 8.45. The van der Waals surface area contributed by atoms with Gasteiger partial charge in [-0.05, 0) is 38.7 Å². The monoisotopic (exact) mass is 316 g/mol. The van der Waals surface area contributed by atoms with E-state index in [0.717, 1.165) is 0 Å². The minimum Gasteiger partial charge on any atom is -0.477 e. The van der Waals surface area contributed by atoms with Gasteiger partial charge in [-0.2, -0.15) is 0 Å². The van der Waals surface area contributed by atoms with Gasteiger partial charge in [-0.25, -0.2) is 17.9 Å². The maximum atomic E-state index is 12.3. The Balaban J connectivity index is 2.18. The van der Waals surface area contributed by atoms with Crippen molar-refractivity contribution in [3.8, 4) is 0 Å².